The first-order chi connectivity index (χ1) is 9.09. The van der Waals surface area contributed by atoms with Crippen LogP contribution in [0.15, 0.2) is 36.8 Å². The summed E-state index contributed by atoms with van der Waals surface area (Å²) in [5, 5.41) is 2.50. The smallest absolute Gasteiger partial charge is 0.275 e. The van der Waals surface area contributed by atoms with E-state index >= 15 is 0 Å². The van der Waals surface area contributed by atoms with Gasteiger partial charge in [0.15, 0.2) is 0 Å². The maximum Gasteiger partial charge on any atom is 0.275 e. The first kappa shape index (κ1) is 13.0. The van der Waals surface area contributed by atoms with Gasteiger partial charge in [-0.05, 0) is 12.1 Å². The van der Waals surface area contributed by atoms with Gasteiger partial charge in [0.05, 0.1) is 17.4 Å². The molecule has 0 bridgehead atoms. The van der Waals surface area contributed by atoms with Crippen LogP contribution in [0.2, 0.25) is 0 Å². The number of carbonyl (C=O) groups is 1. The summed E-state index contributed by atoms with van der Waals surface area (Å²) in [5.41, 5.74) is 5.75. The van der Waals surface area contributed by atoms with Crippen molar-refractivity contribution in [3.05, 3.63) is 53.9 Å². The summed E-state index contributed by atoms with van der Waals surface area (Å²) in [7, 11) is 0. The molecule has 0 aliphatic carbocycles. The predicted octanol–water partition coefficient (Wildman–Crippen LogP) is 1.50. The molecule has 0 fully saturated rings. The lowest BCUT2D eigenvalue weighted by Crippen LogP contribution is -2.19. The van der Waals surface area contributed by atoms with Gasteiger partial charge in [-0.1, -0.05) is 18.3 Å². The molecule has 5 nitrogen and oxygen atoms in total. The summed E-state index contributed by atoms with van der Waals surface area (Å²) in [5.74, 6) is -1.11. The van der Waals surface area contributed by atoms with E-state index < -0.39 is 11.7 Å². The number of amides is 1. The van der Waals surface area contributed by atoms with Crippen LogP contribution in [0.1, 0.15) is 16.1 Å². The Morgan fingerprint density at radius 3 is 2.79 bits per heavy atom. The van der Waals surface area contributed by atoms with Crippen molar-refractivity contribution in [1.29, 1.82) is 0 Å². The normalized spacial score (nSPS) is 9.95. The highest BCUT2D eigenvalue weighted by Crippen LogP contribution is 2.19. The molecule has 0 saturated carbocycles. The zero-order valence-corrected chi connectivity index (χ0v) is 10.4. The number of carbonyl (C=O) groups excluding carboxylic acids is 1. The van der Waals surface area contributed by atoms with Crippen LogP contribution >= 0.6 is 12.2 Å². The first-order valence-corrected chi connectivity index (χ1v) is 5.66. The number of nitrogens with two attached hydrogens (primary N) is 1. The van der Waals surface area contributed by atoms with E-state index in [1.807, 2.05) is 0 Å². The van der Waals surface area contributed by atoms with E-state index in [0.717, 1.165) is 0 Å². The minimum absolute atomic E-state index is 0.00487. The standard InChI is InChI=1S/C12H9FN4OS/c13-7-2-1-3-8(10(7)11(14)19)17-12(18)9-6-15-4-5-16-9/h1-6H,(H2,14,19)(H,17,18). The quantitative estimate of drug-likeness (QED) is 0.830. The van der Waals surface area contributed by atoms with Crippen molar-refractivity contribution in [1.82, 2.24) is 9.97 Å². The average molecular weight is 276 g/mol. The van der Waals surface area contributed by atoms with Crippen molar-refractivity contribution in [3.63, 3.8) is 0 Å². The lowest BCUT2D eigenvalue weighted by molar-refractivity contribution is 0.102. The zero-order valence-electron chi connectivity index (χ0n) is 9.63. The molecular weight excluding hydrogens is 267 g/mol. The average Bonchev–Trinajstić information content (AvgIpc) is 2.39. The number of hydrogen-bond acceptors (Lipinski definition) is 4. The van der Waals surface area contributed by atoms with E-state index in [9.17, 15) is 9.18 Å². The molecule has 19 heavy (non-hydrogen) atoms. The summed E-state index contributed by atoms with van der Waals surface area (Å²) in [4.78, 5) is 19.4. The lowest BCUT2D eigenvalue weighted by atomic mass is 10.1. The number of anilines is 1. The Labute approximate surface area is 113 Å². The summed E-state index contributed by atoms with van der Waals surface area (Å²) < 4.78 is 13.6. The van der Waals surface area contributed by atoms with Crippen molar-refractivity contribution in [2.45, 2.75) is 0 Å². The minimum Gasteiger partial charge on any atom is -0.389 e. The van der Waals surface area contributed by atoms with E-state index in [1.165, 1.54) is 36.8 Å². The summed E-state index contributed by atoms with van der Waals surface area (Å²) in [6.45, 7) is 0. The van der Waals surface area contributed by atoms with Crippen molar-refractivity contribution in [3.8, 4) is 0 Å². The van der Waals surface area contributed by atoms with Crippen molar-refractivity contribution in [2.24, 2.45) is 5.73 Å². The fourth-order valence-corrected chi connectivity index (χ4v) is 1.69. The molecule has 0 spiro atoms. The molecule has 1 aromatic carbocycles. The second-order valence-electron chi connectivity index (χ2n) is 3.57. The number of nitrogens with zero attached hydrogens (tertiary/aromatic N) is 2. The molecular formula is C12H9FN4OS. The van der Waals surface area contributed by atoms with Crippen LogP contribution in [0.25, 0.3) is 0 Å². The van der Waals surface area contributed by atoms with Crippen molar-refractivity contribution in [2.75, 3.05) is 5.32 Å². The number of hydrogen-bond donors (Lipinski definition) is 2. The number of rotatable bonds is 3. The molecule has 1 aromatic heterocycles. The van der Waals surface area contributed by atoms with Crippen LogP contribution in [0.4, 0.5) is 10.1 Å². The molecule has 0 aliphatic heterocycles. The molecule has 1 heterocycles. The first-order valence-electron chi connectivity index (χ1n) is 5.25. The summed E-state index contributed by atoms with van der Waals surface area (Å²) in [6, 6.07) is 4.17. The Hall–Kier alpha value is -2.41. The highest BCUT2D eigenvalue weighted by atomic mass is 32.1. The maximum atomic E-state index is 13.6. The van der Waals surface area contributed by atoms with E-state index in [-0.39, 0.29) is 21.9 Å². The van der Waals surface area contributed by atoms with Gasteiger partial charge in [0.25, 0.3) is 5.91 Å². The molecule has 0 unspecified atom stereocenters. The monoisotopic (exact) mass is 276 g/mol. The highest BCUT2D eigenvalue weighted by molar-refractivity contribution is 7.80. The van der Waals surface area contributed by atoms with Crippen LogP contribution < -0.4 is 11.1 Å². The second kappa shape index (κ2) is 5.49. The minimum atomic E-state index is -0.593. The van der Waals surface area contributed by atoms with Crippen LogP contribution in [0, 0.1) is 5.82 Å². The topological polar surface area (TPSA) is 80.9 Å². The predicted molar refractivity (Wildman–Crippen MR) is 72.3 cm³/mol. The van der Waals surface area contributed by atoms with Gasteiger partial charge in [-0.25, -0.2) is 9.37 Å². The molecule has 0 radical (unpaired) electrons. The van der Waals surface area contributed by atoms with E-state index in [2.05, 4.69) is 15.3 Å². The zero-order chi connectivity index (χ0) is 13.8. The number of thiocarbonyl (C=S) groups is 1. The number of benzene rings is 1. The summed E-state index contributed by atoms with van der Waals surface area (Å²) in [6.07, 6.45) is 4.13. The highest BCUT2D eigenvalue weighted by Gasteiger charge is 2.14. The lowest BCUT2D eigenvalue weighted by Gasteiger charge is -2.10. The van der Waals surface area contributed by atoms with Gasteiger partial charge in [0.2, 0.25) is 0 Å². The SMILES string of the molecule is NC(=S)c1c(F)cccc1NC(=O)c1cnccn1. The van der Waals surface area contributed by atoms with Gasteiger partial charge < -0.3 is 11.1 Å². The largest absolute Gasteiger partial charge is 0.389 e. The van der Waals surface area contributed by atoms with Gasteiger partial charge in [-0.2, -0.15) is 0 Å². The number of halogens is 1. The Morgan fingerprint density at radius 1 is 1.37 bits per heavy atom. The van der Waals surface area contributed by atoms with Gasteiger partial charge in [-0.15, -0.1) is 0 Å². The van der Waals surface area contributed by atoms with Crippen molar-refractivity contribution >= 4 is 28.8 Å². The second-order valence-corrected chi connectivity index (χ2v) is 4.01. The molecule has 2 aromatic rings. The van der Waals surface area contributed by atoms with E-state index in [4.69, 9.17) is 18.0 Å². The van der Waals surface area contributed by atoms with Gasteiger partial charge in [0.1, 0.15) is 16.5 Å². The van der Waals surface area contributed by atoms with Crippen molar-refractivity contribution < 1.29 is 9.18 Å². The molecule has 1 amide bonds. The third kappa shape index (κ3) is 2.89. The van der Waals surface area contributed by atoms with Crippen LogP contribution in [0.3, 0.4) is 0 Å². The Balaban J connectivity index is 2.32. The molecule has 2 rings (SSSR count). The van der Waals surface area contributed by atoms with Crippen LogP contribution in [0.5, 0.6) is 0 Å². The molecule has 0 atom stereocenters. The third-order valence-electron chi connectivity index (χ3n) is 2.30. The van der Waals surface area contributed by atoms with E-state index in [1.54, 1.807) is 0 Å². The van der Waals surface area contributed by atoms with Gasteiger partial charge in [0, 0.05) is 12.4 Å². The molecule has 7 heteroatoms. The fraction of sp³-hybridized carbons (Fsp3) is 0. The van der Waals surface area contributed by atoms with Gasteiger partial charge in [-0.3, -0.25) is 9.78 Å². The Kier molecular flexibility index (Phi) is 3.76. The maximum absolute atomic E-state index is 13.6. The molecule has 3 N–H and O–H groups in total. The summed E-state index contributed by atoms with van der Waals surface area (Å²) >= 11 is 4.77. The third-order valence-corrected chi connectivity index (χ3v) is 2.51. The Morgan fingerprint density at radius 2 is 2.16 bits per heavy atom. The fourth-order valence-electron chi connectivity index (χ4n) is 1.48. The molecule has 0 aliphatic rings. The number of nitrogens with one attached hydrogen (secondary N) is 1. The van der Waals surface area contributed by atoms with Crippen LogP contribution in [-0.4, -0.2) is 20.9 Å². The number of aromatic nitrogens is 2. The van der Waals surface area contributed by atoms with Gasteiger partial charge >= 0.3 is 0 Å². The molecule has 96 valence electrons. The Bertz CT molecular complexity index is 633. The molecule has 0 saturated heterocycles. The van der Waals surface area contributed by atoms with Crippen LogP contribution in [-0.2, 0) is 0 Å². The van der Waals surface area contributed by atoms with E-state index in [0.29, 0.717) is 0 Å².